The molecule has 0 unspecified atom stereocenters. The third-order valence-corrected chi connectivity index (χ3v) is 4.52. The first-order chi connectivity index (χ1) is 9.75. The van der Waals surface area contributed by atoms with Crippen molar-refractivity contribution in [2.24, 2.45) is 0 Å². The average Bonchev–Trinajstić information content (AvgIpc) is 2.42. The van der Waals surface area contributed by atoms with E-state index in [1.807, 2.05) is 6.92 Å². The predicted molar refractivity (Wildman–Crippen MR) is 76.1 cm³/mol. The summed E-state index contributed by atoms with van der Waals surface area (Å²) in [5.74, 6) is 0. The number of anilines is 1. The van der Waals surface area contributed by atoms with Gasteiger partial charge in [0.05, 0.1) is 10.6 Å². The van der Waals surface area contributed by atoms with Crippen LogP contribution in [0.15, 0.2) is 29.2 Å². The Balaban J connectivity index is 3.20. The number of hydrogen-bond donors (Lipinski definition) is 1. The lowest BCUT2D eigenvalue weighted by atomic mass is 10.3. The Hall–Kier alpha value is -1.28. The van der Waals surface area contributed by atoms with Crippen LogP contribution in [-0.2, 0) is 9.84 Å². The van der Waals surface area contributed by atoms with Gasteiger partial charge in [-0.25, -0.2) is 8.42 Å². The molecular weight excluding hydrogens is 305 g/mol. The molecule has 0 spiro atoms. The van der Waals surface area contributed by atoms with Crippen molar-refractivity contribution in [1.82, 2.24) is 5.32 Å². The van der Waals surface area contributed by atoms with Crippen molar-refractivity contribution < 1.29 is 21.6 Å². The minimum Gasteiger partial charge on any atom is -0.369 e. The van der Waals surface area contributed by atoms with Crippen LogP contribution in [0.3, 0.4) is 0 Å². The molecule has 0 aliphatic carbocycles. The van der Waals surface area contributed by atoms with E-state index in [0.717, 1.165) is 12.6 Å². The van der Waals surface area contributed by atoms with Gasteiger partial charge in [-0.2, -0.15) is 13.2 Å². The third kappa shape index (κ3) is 4.10. The number of nitrogens with one attached hydrogen (secondary N) is 1. The number of sulfone groups is 1. The van der Waals surface area contributed by atoms with E-state index in [-0.39, 0.29) is 5.69 Å². The third-order valence-electron chi connectivity index (χ3n) is 2.99. The fourth-order valence-corrected chi connectivity index (χ4v) is 2.89. The van der Waals surface area contributed by atoms with Gasteiger partial charge in [0.2, 0.25) is 0 Å². The van der Waals surface area contributed by atoms with Crippen molar-refractivity contribution in [2.75, 3.05) is 31.1 Å². The lowest BCUT2D eigenvalue weighted by molar-refractivity contribution is -0.0435. The first kappa shape index (κ1) is 17.8. The van der Waals surface area contributed by atoms with E-state index in [9.17, 15) is 21.6 Å². The van der Waals surface area contributed by atoms with Crippen LogP contribution in [0.5, 0.6) is 0 Å². The first-order valence-corrected chi connectivity index (χ1v) is 8.10. The molecule has 0 aromatic heterocycles. The molecule has 1 N–H and O–H groups in total. The molecule has 0 aliphatic rings. The summed E-state index contributed by atoms with van der Waals surface area (Å²) >= 11 is 0. The van der Waals surface area contributed by atoms with Gasteiger partial charge >= 0.3 is 5.51 Å². The van der Waals surface area contributed by atoms with Gasteiger partial charge in [-0.3, -0.25) is 0 Å². The molecule has 0 bridgehead atoms. The molecule has 0 radical (unpaired) electrons. The van der Waals surface area contributed by atoms with Gasteiger partial charge in [0.1, 0.15) is 0 Å². The van der Waals surface area contributed by atoms with E-state index in [1.165, 1.54) is 18.2 Å². The van der Waals surface area contributed by atoms with Crippen molar-refractivity contribution in [2.45, 2.75) is 24.3 Å². The smallest absolute Gasteiger partial charge is 0.369 e. The van der Waals surface area contributed by atoms with Crippen LogP contribution in [0, 0.1) is 0 Å². The monoisotopic (exact) mass is 324 g/mol. The standard InChI is InChI=1S/C13H19F3N2O2S/c1-3-17-9-10-18(4-2)11-7-5-6-8-12(11)21(19,20)13(14,15)16/h5-8,17H,3-4,9-10H2,1-2H3. The highest BCUT2D eigenvalue weighted by atomic mass is 32.2. The van der Waals surface area contributed by atoms with Gasteiger partial charge in [0.15, 0.2) is 0 Å². The summed E-state index contributed by atoms with van der Waals surface area (Å²) in [6.45, 7) is 5.82. The molecule has 8 heteroatoms. The van der Waals surface area contributed by atoms with Crippen LogP contribution in [0.25, 0.3) is 0 Å². The highest BCUT2D eigenvalue weighted by molar-refractivity contribution is 7.92. The maximum atomic E-state index is 12.8. The predicted octanol–water partition coefficient (Wildman–Crippen LogP) is 2.42. The van der Waals surface area contributed by atoms with Gasteiger partial charge in [0, 0.05) is 19.6 Å². The Morgan fingerprint density at radius 3 is 2.33 bits per heavy atom. The minimum atomic E-state index is -5.35. The van der Waals surface area contributed by atoms with Gasteiger partial charge < -0.3 is 10.2 Å². The second kappa shape index (κ2) is 7.13. The lowest BCUT2D eigenvalue weighted by Gasteiger charge is -2.26. The zero-order chi connectivity index (χ0) is 16.1. The molecule has 0 saturated carbocycles. The minimum absolute atomic E-state index is 0.0789. The second-order valence-corrected chi connectivity index (χ2v) is 6.26. The summed E-state index contributed by atoms with van der Waals surface area (Å²) in [5, 5.41) is 3.06. The highest BCUT2D eigenvalue weighted by Crippen LogP contribution is 2.35. The molecule has 0 amide bonds. The number of para-hydroxylation sites is 1. The summed E-state index contributed by atoms with van der Waals surface area (Å²) < 4.78 is 61.6. The molecule has 0 atom stereocenters. The topological polar surface area (TPSA) is 49.4 Å². The van der Waals surface area contributed by atoms with Crippen molar-refractivity contribution in [3.05, 3.63) is 24.3 Å². The summed E-state index contributed by atoms with van der Waals surface area (Å²) in [6, 6.07) is 5.21. The Morgan fingerprint density at radius 1 is 1.19 bits per heavy atom. The number of rotatable bonds is 7. The van der Waals surface area contributed by atoms with Crippen LogP contribution in [0.4, 0.5) is 18.9 Å². The first-order valence-electron chi connectivity index (χ1n) is 6.61. The number of halogens is 3. The van der Waals surface area contributed by atoms with E-state index in [0.29, 0.717) is 19.6 Å². The van der Waals surface area contributed by atoms with E-state index in [1.54, 1.807) is 11.8 Å². The van der Waals surface area contributed by atoms with Gasteiger partial charge in [-0.1, -0.05) is 19.1 Å². The van der Waals surface area contributed by atoms with Crippen LogP contribution in [0.2, 0.25) is 0 Å². The highest BCUT2D eigenvalue weighted by Gasteiger charge is 2.48. The number of likely N-dealkylation sites (N-methyl/N-ethyl adjacent to an activating group) is 2. The number of alkyl halides is 3. The molecule has 0 fully saturated rings. The molecule has 0 heterocycles. The summed E-state index contributed by atoms with van der Waals surface area (Å²) in [7, 11) is -5.35. The Morgan fingerprint density at radius 2 is 1.81 bits per heavy atom. The normalized spacial score (nSPS) is 12.4. The van der Waals surface area contributed by atoms with Crippen LogP contribution in [0.1, 0.15) is 13.8 Å². The molecule has 1 aromatic carbocycles. The quantitative estimate of drug-likeness (QED) is 0.783. The van der Waals surface area contributed by atoms with Crippen molar-refractivity contribution in [3.8, 4) is 0 Å². The Kier molecular flexibility index (Phi) is 6.03. The SMILES string of the molecule is CCNCCN(CC)c1ccccc1S(=O)(=O)C(F)(F)F. The summed E-state index contributed by atoms with van der Waals surface area (Å²) in [4.78, 5) is 0.914. The summed E-state index contributed by atoms with van der Waals surface area (Å²) in [5.41, 5.74) is -5.22. The van der Waals surface area contributed by atoms with Crippen LogP contribution >= 0.6 is 0 Å². The number of hydrogen-bond acceptors (Lipinski definition) is 4. The van der Waals surface area contributed by atoms with E-state index < -0.39 is 20.2 Å². The molecular formula is C13H19F3N2O2S. The molecule has 0 saturated heterocycles. The largest absolute Gasteiger partial charge is 0.501 e. The molecule has 120 valence electrons. The van der Waals surface area contributed by atoms with Crippen molar-refractivity contribution >= 4 is 15.5 Å². The van der Waals surface area contributed by atoms with Crippen LogP contribution < -0.4 is 10.2 Å². The Labute approximate surface area is 122 Å². The fourth-order valence-electron chi connectivity index (χ4n) is 1.91. The summed E-state index contributed by atoms with van der Waals surface area (Å²) in [6.07, 6.45) is 0. The van der Waals surface area contributed by atoms with E-state index >= 15 is 0 Å². The average molecular weight is 324 g/mol. The molecule has 21 heavy (non-hydrogen) atoms. The van der Waals surface area contributed by atoms with Crippen molar-refractivity contribution in [1.29, 1.82) is 0 Å². The molecule has 0 aliphatic heterocycles. The van der Waals surface area contributed by atoms with Crippen LogP contribution in [-0.4, -0.2) is 40.1 Å². The second-order valence-electron chi connectivity index (χ2n) is 4.35. The number of nitrogens with zero attached hydrogens (tertiary/aromatic N) is 1. The molecule has 4 nitrogen and oxygen atoms in total. The van der Waals surface area contributed by atoms with E-state index in [4.69, 9.17) is 0 Å². The fraction of sp³-hybridized carbons (Fsp3) is 0.538. The maximum absolute atomic E-state index is 12.8. The molecule has 1 rings (SSSR count). The van der Waals surface area contributed by atoms with Crippen molar-refractivity contribution in [3.63, 3.8) is 0 Å². The van der Waals surface area contributed by atoms with Gasteiger partial charge in [-0.15, -0.1) is 0 Å². The zero-order valence-corrected chi connectivity index (χ0v) is 12.8. The molecule has 1 aromatic rings. The lowest BCUT2D eigenvalue weighted by Crippen LogP contribution is -2.34. The maximum Gasteiger partial charge on any atom is 0.501 e. The Bertz CT molecular complexity index is 559. The van der Waals surface area contributed by atoms with Gasteiger partial charge in [-0.05, 0) is 25.6 Å². The number of benzene rings is 1. The van der Waals surface area contributed by atoms with Gasteiger partial charge in [0.25, 0.3) is 9.84 Å². The zero-order valence-electron chi connectivity index (χ0n) is 11.9. The van der Waals surface area contributed by atoms with E-state index in [2.05, 4.69) is 5.32 Å².